The van der Waals surface area contributed by atoms with Crippen molar-refractivity contribution >= 4 is 39.8 Å². The highest BCUT2D eigenvalue weighted by Gasteiger charge is 2.30. The Labute approximate surface area is 225 Å². The molecule has 0 aliphatic carbocycles. The Kier molecular flexibility index (Phi) is 7.14. The minimum Gasteiger partial charge on any atom is -0.480 e. The van der Waals surface area contributed by atoms with Crippen LogP contribution in [0.25, 0.3) is 10.9 Å². The molecule has 4 aromatic rings. The number of benzene rings is 2. The molecule has 0 bridgehead atoms. The summed E-state index contributed by atoms with van der Waals surface area (Å²) in [5.74, 6) is 1.58. The molecule has 1 N–H and O–H groups in total. The van der Waals surface area contributed by atoms with E-state index in [4.69, 9.17) is 4.74 Å². The monoisotopic (exact) mass is 533 g/mol. The predicted octanol–water partition coefficient (Wildman–Crippen LogP) is 5.53. The Morgan fingerprint density at radius 1 is 1.10 bits per heavy atom. The summed E-state index contributed by atoms with van der Waals surface area (Å²) < 4.78 is 31.7. The Hall–Kier alpha value is -4.54. The normalized spacial score (nSPS) is 13.5. The van der Waals surface area contributed by atoms with Gasteiger partial charge >= 0.3 is 6.03 Å². The summed E-state index contributed by atoms with van der Waals surface area (Å²) in [6.45, 7) is 3.30. The number of nitrogens with one attached hydrogen (secondary N) is 1. The van der Waals surface area contributed by atoms with Crippen molar-refractivity contribution in [1.82, 2.24) is 19.9 Å². The minimum atomic E-state index is -2.53. The number of hydrogen-bond acceptors (Lipinski definition) is 7. The molecular formula is C28H29F2N7O2. The fourth-order valence-electron chi connectivity index (χ4n) is 4.58. The molecule has 3 heterocycles. The summed E-state index contributed by atoms with van der Waals surface area (Å²) in [4.78, 5) is 31.5. The minimum absolute atomic E-state index is 0.0170. The Bertz CT molecular complexity index is 1530. The molecule has 9 nitrogen and oxygen atoms in total. The number of urea groups is 1. The first kappa shape index (κ1) is 26.1. The maximum atomic E-state index is 13.1. The largest absolute Gasteiger partial charge is 0.480 e. The van der Waals surface area contributed by atoms with Crippen LogP contribution in [0.2, 0.25) is 0 Å². The zero-order valence-electron chi connectivity index (χ0n) is 22.2. The van der Waals surface area contributed by atoms with Gasteiger partial charge in [0.15, 0.2) is 0 Å². The fraction of sp³-hybridized carbons (Fsp3) is 0.286. The maximum absolute atomic E-state index is 13.1. The van der Waals surface area contributed by atoms with E-state index in [-0.39, 0.29) is 11.6 Å². The topological polar surface area (TPSA) is 86.7 Å². The maximum Gasteiger partial charge on any atom is 0.324 e. The highest BCUT2D eigenvalue weighted by molar-refractivity contribution is 5.96. The van der Waals surface area contributed by atoms with Gasteiger partial charge in [0.1, 0.15) is 17.3 Å². The van der Waals surface area contributed by atoms with Gasteiger partial charge < -0.3 is 19.9 Å². The highest BCUT2D eigenvalue weighted by atomic mass is 19.3. The standard InChI is InChI=1S/C28H29F2N7O2/c1-17-33-23-9-8-20(13-22(23)26(34-17)31-15-18-6-5-7-19(12-18)25(29)30)36(3)21-14-24(27(39-4)32-16-21)37-11-10-35(2)28(37)38/h5-9,12-14,16,25H,10-11,15H2,1-4H3,(H,31,33,34). The zero-order valence-corrected chi connectivity index (χ0v) is 22.2. The van der Waals surface area contributed by atoms with Gasteiger partial charge in [-0.3, -0.25) is 4.90 Å². The second kappa shape index (κ2) is 10.7. The van der Waals surface area contributed by atoms with Gasteiger partial charge in [-0.25, -0.2) is 28.5 Å². The molecule has 2 amide bonds. The average molecular weight is 534 g/mol. The van der Waals surface area contributed by atoms with Crippen LogP contribution in [-0.2, 0) is 6.54 Å². The van der Waals surface area contributed by atoms with Crippen molar-refractivity contribution in [2.75, 3.05) is 49.4 Å². The van der Waals surface area contributed by atoms with E-state index in [9.17, 15) is 13.6 Å². The van der Waals surface area contributed by atoms with Gasteiger partial charge in [-0.1, -0.05) is 18.2 Å². The molecule has 11 heteroatoms. The number of aromatic nitrogens is 3. The lowest BCUT2D eigenvalue weighted by molar-refractivity contribution is 0.151. The SMILES string of the molecule is COc1ncc(N(C)c2ccc3nc(C)nc(NCc4cccc(C(F)F)c4)c3c2)cc1N1CCN(C)C1=O. The van der Waals surface area contributed by atoms with Crippen molar-refractivity contribution in [3.63, 3.8) is 0 Å². The van der Waals surface area contributed by atoms with E-state index in [1.807, 2.05) is 43.1 Å². The molecule has 1 saturated heterocycles. The number of nitrogens with zero attached hydrogens (tertiary/aromatic N) is 6. The van der Waals surface area contributed by atoms with Crippen LogP contribution in [0.3, 0.4) is 0 Å². The smallest absolute Gasteiger partial charge is 0.324 e. The number of pyridine rings is 1. The molecule has 39 heavy (non-hydrogen) atoms. The van der Waals surface area contributed by atoms with Gasteiger partial charge in [-0.05, 0) is 42.8 Å². The van der Waals surface area contributed by atoms with Crippen LogP contribution >= 0.6 is 0 Å². The third-order valence-corrected chi connectivity index (χ3v) is 6.75. The highest BCUT2D eigenvalue weighted by Crippen LogP contribution is 2.35. The van der Waals surface area contributed by atoms with Crippen molar-refractivity contribution in [1.29, 1.82) is 0 Å². The lowest BCUT2D eigenvalue weighted by Crippen LogP contribution is -2.29. The molecule has 0 spiro atoms. The van der Waals surface area contributed by atoms with Gasteiger partial charge in [-0.15, -0.1) is 0 Å². The quantitative estimate of drug-likeness (QED) is 0.319. The van der Waals surface area contributed by atoms with Gasteiger partial charge in [0.25, 0.3) is 6.43 Å². The molecule has 0 saturated carbocycles. The van der Waals surface area contributed by atoms with Crippen LogP contribution in [0.5, 0.6) is 5.88 Å². The van der Waals surface area contributed by atoms with Gasteiger partial charge in [0.2, 0.25) is 5.88 Å². The number of amides is 2. The number of alkyl halides is 2. The predicted molar refractivity (Wildman–Crippen MR) is 147 cm³/mol. The number of halogens is 2. The fourth-order valence-corrected chi connectivity index (χ4v) is 4.58. The number of hydrogen-bond donors (Lipinski definition) is 1. The second-order valence-corrected chi connectivity index (χ2v) is 9.36. The van der Waals surface area contributed by atoms with Crippen LogP contribution in [0, 0.1) is 6.92 Å². The molecule has 1 fully saturated rings. The van der Waals surface area contributed by atoms with Crippen LogP contribution in [-0.4, -0.2) is 60.2 Å². The summed E-state index contributed by atoms with van der Waals surface area (Å²) in [6, 6.07) is 13.9. The lowest BCUT2D eigenvalue weighted by Gasteiger charge is -2.24. The number of methoxy groups -OCH3 is 1. The summed E-state index contributed by atoms with van der Waals surface area (Å²) in [6.07, 6.45) is -0.833. The first-order valence-corrected chi connectivity index (χ1v) is 12.4. The van der Waals surface area contributed by atoms with Crippen LogP contribution in [0.1, 0.15) is 23.4 Å². The molecule has 1 aliphatic heterocycles. The number of fused-ring (bicyclic) bond motifs is 1. The number of carbonyl (C=O) groups excluding carboxylic acids is 1. The molecule has 1 aliphatic rings. The number of aryl methyl sites for hydroxylation is 1. The van der Waals surface area contributed by atoms with Gasteiger partial charge in [0, 0.05) is 50.4 Å². The van der Waals surface area contributed by atoms with E-state index in [0.717, 1.165) is 27.8 Å². The second-order valence-electron chi connectivity index (χ2n) is 9.36. The Morgan fingerprint density at radius 2 is 1.92 bits per heavy atom. The van der Waals surface area contributed by atoms with E-state index in [1.165, 1.54) is 19.2 Å². The molecule has 202 valence electrons. The molecule has 5 rings (SSSR count). The number of anilines is 4. The van der Waals surface area contributed by atoms with Gasteiger partial charge in [0.05, 0.1) is 24.5 Å². The Balaban J connectivity index is 1.46. The van der Waals surface area contributed by atoms with Crippen molar-refractivity contribution in [3.05, 3.63) is 71.7 Å². The molecule has 0 unspecified atom stereocenters. The number of ether oxygens (including phenoxy) is 1. The third kappa shape index (κ3) is 5.25. The van der Waals surface area contributed by atoms with E-state index in [0.29, 0.717) is 42.8 Å². The van der Waals surface area contributed by atoms with E-state index < -0.39 is 6.43 Å². The van der Waals surface area contributed by atoms with Crippen molar-refractivity contribution in [3.8, 4) is 5.88 Å². The third-order valence-electron chi connectivity index (χ3n) is 6.75. The summed E-state index contributed by atoms with van der Waals surface area (Å²) in [5, 5.41) is 4.08. The van der Waals surface area contributed by atoms with Crippen molar-refractivity contribution < 1.29 is 18.3 Å². The number of rotatable bonds is 8. The molecule has 2 aromatic heterocycles. The van der Waals surface area contributed by atoms with Crippen molar-refractivity contribution in [2.45, 2.75) is 19.9 Å². The molecular weight excluding hydrogens is 504 g/mol. The van der Waals surface area contributed by atoms with E-state index >= 15 is 0 Å². The number of carbonyl (C=O) groups is 1. The Morgan fingerprint density at radius 3 is 2.64 bits per heavy atom. The summed E-state index contributed by atoms with van der Waals surface area (Å²) in [5.41, 5.74) is 3.67. The lowest BCUT2D eigenvalue weighted by atomic mass is 10.1. The molecule has 0 atom stereocenters. The molecule has 0 radical (unpaired) electrons. The van der Waals surface area contributed by atoms with Crippen LogP contribution in [0.15, 0.2) is 54.7 Å². The molecule has 2 aromatic carbocycles. The van der Waals surface area contributed by atoms with E-state index in [2.05, 4.69) is 20.3 Å². The average Bonchev–Trinajstić information content (AvgIpc) is 3.28. The van der Waals surface area contributed by atoms with E-state index in [1.54, 1.807) is 35.2 Å². The van der Waals surface area contributed by atoms with Crippen molar-refractivity contribution in [2.24, 2.45) is 0 Å². The zero-order chi connectivity index (χ0) is 27.7. The van der Waals surface area contributed by atoms with Crippen LogP contribution < -0.4 is 19.9 Å². The summed E-state index contributed by atoms with van der Waals surface area (Å²) >= 11 is 0. The van der Waals surface area contributed by atoms with Crippen LogP contribution in [0.4, 0.5) is 36.5 Å². The van der Waals surface area contributed by atoms with Gasteiger partial charge in [-0.2, -0.15) is 0 Å². The number of likely N-dealkylation sites (N-methyl/N-ethyl adjacent to an activating group) is 1. The first-order chi connectivity index (χ1) is 18.7. The first-order valence-electron chi connectivity index (χ1n) is 12.4. The summed E-state index contributed by atoms with van der Waals surface area (Å²) in [7, 11) is 5.20.